The average molecular weight is 425 g/mol. The quantitative estimate of drug-likeness (QED) is 0.515. The fraction of sp³-hybridized carbons (Fsp3) is 0.478. The fourth-order valence-corrected chi connectivity index (χ4v) is 4.43. The van der Waals surface area contributed by atoms with Gasteiger partial charge in [-0.3, -0.25) is 4.90 Å². The Morgan fingerprint density at radius 1 is 1.19 bits per heavy atom. The second-order valence-corrected chi connectivity index (χ2v) is 8.63. The van der Waals surface area contributed by atoms with Crippen LogP contribution < -0.4 is 10.6 Å². The van der Waals surface area contributed by atoms with Crippen molar-refractivity contribution in [1.29, 1.82) is 0 Å². The van der Waals surface area contributed by atoms with Crippen molar-refractivity contribution < 1.29 is 9.50 Å². The van der Waals surface area contributed by atoms with Gasteiger partial charge in [-0.1, -0.05) is 12.1 Å². The maximum atomic E-state index is 13.6. The number of hydrogen-bond acceptors (Lipinski definition) is 6. The van der Waals surface area contributed by atoms with Crippen molar-refractivity contribution in [2.45, 2.75) is 44.2 Å². The summed E-state index contributed by atoms with van der Waals surface area (Å²) in [7, 11) is 0. The van der Waals surface area contributed by atoms with Gasteiger partial charge in [0, 0.05) is 37.3 Å². The van der Waals surface area contributed by atoms with Gasteiger partial charge in [-0.15, -0.1) is 0 Å². The van der Waals surface area contributed by atoms with Crippen LogP contribution in [-0.2, 0) is 6.54 Å². The summed E-state index contributed by atoms with van der Waals surface area (Å²) in [5, 5.41) is 20.9. The molecule has 2 aliphatic rings. The predicted octanol–water partition coefficient (Wildman–Crippen LogP) is 3.23. The number of piperidine rings is 1. The van der Waals surface area contributed by atoms with E-state index in [4.69, 9.17) is 4.98 Å². The highest BCUT2D eigenvalue weighted by molar-refractivity contribution is 5.62. The SMILES string of the molecule is OCCN1CCC[C@H](Nc2cc(NCc3cccc(F)c3)n3ncc(C4CC4)c3n2)C1. The lowest BCUT2D eigenvalue weighted by Gasteiger charge is -2.33. The molecule has 2 aromatic heterocycles. The van der Waals surface area contributed by atoms with Crippen LogP contribution in [0.5, 0.6) is 0 Å². The molecular formula is C23H29FN6O. The first kappa shape index (κ1) is 20.2. The van der Waals surface area contributed by atoms with E-state index in [9.17, 15) is 9.50 Å². The number of nitrogens with zero attached hydrogens (tertiary/aromatic N) is 4. The van der Waals surface area contributed by atoms with E-state index >= 15 is 0 Å². The first-order valence-electron chi connectivity index (χ1n) is 11.2. The Bertz CT molecular complexity index is 1050. The van der Waals surface area contributed by atoms with E-state index in [0.29, 0.717) is 25.0 Å². The molecule has 0 amide bonds. The zero-order valence-corrected chi connectivity index (χ0v) is 17.6. The highest BCUT2D eigenvalue weighted by atomic mass is 19.1. The first-order valence-corrected chi connectivity index (χ1v) is 11.2. The van der Waals surface area contributed by atoms with Crippen LogP contribution in [0.4, 0.5) is 16.0 Å². The van der Waals surface area contributed by atoms with Gasteiger partial charge in [0.15, 0.2) is 5.65 Å². The van der Waals surface area contributed by atoms with Crippen LogP contribution in [0, 0.1) is 5.82 Å². The number of hydrogen-bond donors (Lipinski definition) is 3. The molecule has 2 fully saturated rings. The van der Waals surface area contributed by atoms with Crippen molar-refractivity contribution >= 4 is 17.3 Å². The van der Waals surface area contributed by atoms with Gasteiger partial charge in [-0.2, -0.15) is 9.61 Å². The molecule has 1 saturated carbocycles. The highest BCUT2D eigenvalue weighted by Crippen LogP contribution is 2.42. The lowest BCUT2D eigenvalue weighted by molar-refractivity contribution is 0.166. The molecule has 1 aliphatic heterocycles. The Balaban J connectivity index is 1.40. The third kappa shape index (κ3) is 4.65. The van der Waals surface area contributed by atoms with Crippen LogP contribution >= 0.6 is 0 Å². The minimum Gasteiger partial charge on any atom is -0.395 e. The summed E-state index contributed by atoms with van der Waals surface area (Å²) in [6, 6.07) is 8.91. The van der Waals surface area contributed by atoms with Gasteiger partial charge < -0.3 is 15.7 Å². The Hall–Kier alpha value is -2.71. The van der Waals surface area contributed by atoms with E-state index in [1.165, 1.54) is 24.5 Å². The van der Waals surface area contributed by atoms with Crippen molar-refractivity contribution in [3.8, 4) is 0 Å². The van der Waals surface area contributed by atoms with E-state index in [1.54, 1.807) is 12.1 Å². The molecule has 5 rings (SSSR count). The third-order valence-corrected chi connectivity index (χ3v) is 6.15. The Labute approximate surface area is 181 Å². The van der Waals surface area contributed by atoms with Crippen LogP contribution in [0.1, 0.15) is 42.7 Å². The number of β-amino-alcohol motifs (C(OH)–C–C–N with tert-alkyl or cyclic N) is 1. The van der Waals surface area contributed by atoms with Crippen molar-refractivity contribution in [2.24, 2.45) is 0 Å². The standard InChI is InChI=1S/C23H29FN6O/c24-18-4-1-3-16(11-18)13-25-22-12-21(27-19-5-2-8-29(15-19)9-10-31)28-23-20(17-6-7-17)14-26-30(22)23/h1,3-4,11-12,14,17,19,25,31H,2,5-10,13,15H2,(H,27,28)/t19-/m0/s1. The van der Waals surface area contributed by atoms with E-state index in [-0.39, 0.29) is 12.4 Å². The molecule has 7 nitrogen and oxygen atoms in total. The van der Waals surface area contributed by atoms with E-state index in [1.807, 2.05) is 22.8 Å². The summed E-state index contributed by atoms with van der Waals surface area (Å²) in [6.45, 7) is 3.32. The first-order chi connectivity index (χ1) is 15.2. The van der Waals surface area contributed by atoms with E-state index in [2.05, 4.69) is 20.6 Å². The van der Waals surface area contributed by atoms with Crippen LogP contribution in [0.25, 0.3) is 5.65 Å². The largest absolute Gasteiger partial charge is 0.395 e. The van der Waals surface area contributed by atoms with Gasteiger partial charge in [0.2, 0.25) is 0 Å². The number of aliphatic hydroxyl groups is 1. The number of halogens is 1. The molecular weight excluding hydrogens is 395 g/mol. The number of aliphatic hydroxyl groups excluding tert-OH is 1. The summed E-state index contributed by atoms with van der Waals surface area (Å²) in [5.74, 6) is 1.98. The van der Waals surface area contributed by atoms with Gasteiger partial charge in [0.25, 0.3) is 0 Å². The maximum Gasteiger partial charge on any atom is 0.163 e. The van der Waals surface area contributed by atoms with Gasteiger partial charge in [-0.25, -0.2) is 9.37 Å². The number of benzene rings is 1. The molecule has 0 radical (unpaired) electrons. The zero-order valence-electron chi connectivity index (χ0n) is 17.6. The predicted molar refractivity (Wildman–Crippen MR) is 119 cm³/mol. The van der Waals surface area contributed by atoms with Crippen molar-refractivity contribution in [1.82, 2.24) is 19.5 Å². The summed E-state index contributed by atoms with van der Waals surface area (Å²) >= 11 is 0. The fourth-order valence-electron chi connectivity index (χ4n) is 4.43. The molecule has 3 aromatic rings. The number of aromatic nitrogens is 3. The van der Waals surface area contributed by atoms with Crippen molar-refractivity contribution in [2.75, 3.05) is 36.9 Å². The average Bonchev–Trinajstić information content (AvgIpc) is 3.52. The molecule has 3 heterocycles. The molecule has 3 N–H and O–H groups in total. The molecule has 0 bridgehead atoms. The van der Waals surface area contributed by atoms with Crippen LogP contribution in [0.3, 0.4) is 0 Å². The minimum absolute atomic E-state index is 0.186. The molecule has 1 aromatic carbocycles. The molecule has 1 aliphatic carbocycles. The smallest absolute Gasteiger partial charge is 0.163 e. The number of fused-ring (bicyclic) bond motifs is 1. The van der Waals surface area contributed by atoms with E-state index in [0.717, 1.165) is 48.8 Å². The van der Waals surface area contributed by atoms with E-state index < -0.39 is 0 Å². The lowest BCUT2D eigenvalue weighted by Crippen LogP contribution is -2.43. The molecule has 1 atom stereocenters. The second kappa shape index (κ2) is 8.80. The second-order valence-electron chi connectivity index (χ2n) is 8.63. The van der Waals surface area contributed by atoms with Crippen molar-refractivity contribution in [3.05, 3.63) is 53.5 Å². The minimum atomic E-state index is -0.235. The molecule has 8 heteroatoms. The molecule has 0 unspecified atom stereocenters. The van der Waals surface area contributed by atoms with Crippen molar-refractivity contribution in [3.63, 3.8) is 0 Å². The summed E-state index contributed by atoms with van der Waals surface area (Å²) < 4.78 is 15.4. The van der Waals surface area contributed by atoms with Gasteiger partial charge >= 0.3 is 0 Å². The molecule has 31 heavy (non-hydrogen) atoms. The monoisotopic (exact) mass is 424 g/mol. The van der Waals surface area contributed by atoms with Crippen LogP contribution in [0.2, 0.25) is 0 Å². The Kier molecular flexibility index (Phi) is 5.74. The summed E-state index contributed by atoms with van der Waals surface area (Å²) in [4.78, 5) is 7.20. The number of likely N-dealkylation sites (tertiary alicyclic amines) is 1. The number of nitrogens with one attached hydrogen (secondary N) is 2. The normalized spacial score (nSPS) is 19.6. The Morgan fingerprint density at radius 3 is 2.90 bits per heavy atom. The summed E-state index contributed by atoms with van der Waals surface area (Å²) in [6.07, 6.45) is 6.48. The van der Waals surface area contributed by atoms with Crippen LogP contribution in [0.15, 0.2) is 36.5 Å². The molecule has 164 valence electrons. The zero-order chi connectivity index (χ0) is 21.2. The molecule has 0 spiro atoms. The van der Waals surface area contributed by atoms with Gasteiger partial charge in [0.1, 0.15) is 17.5 Å². The lowest BCUT2D eigenvalue weighted by atomic mass is 10.1. The number of rotatable bonds is 8. The van der Waals surface area contributed by atoms with Crippen LogP contribution in [-0.4, -0.2) is 56.9 Å². The Morgan fingerprint density at radius 2 is 2.10 bits per heavy atom. The van der Waals surface area contributed by atoms with Gasteiger partial charge in [0.05, 0.1) is 12.8 Å². The topological polar surface area (TPSA) is 77.7 Å². The third-order valence-electron chi connectivity index (χ3n) is 6.15. The summed E-state index contributed by atoms with van der Waals surface area (Å²) in [5.41, 5.74) is 2.96. The van der Waals surface area contributed by atoms with Gasteiger partial charge in [-0.05, 0) is 55.8 Å². The number of anilines is 2. The highest BCUT2D eigenvalue weighted by Gasteiger charge is 2.28. The molecule has 1 saturated heterocycles. The maximum absolute atomic E-state index is 13.6.